The molecule has 7 heteroatoms. The van der Waals surface area contributed by atoms with Crippen molar-refractivity contribution in [1.29, 1.82) is 0 Å². The van der Waals surface area contributed by atoms with Crippen molar-refractivity contribution in [3.8, 4) is 5.75 Å². The van der Waals surface area contributed by atoms with Gasteiger partial charge in [0.2, 0.25) is 5.91 Å². The largest absolute Gasteiger partial charge is 0.494 e. The lowest BCUT2D eigenvalue weighted by Crippen LogP contribution is -2.35. The van der Waals surface area contributed by atoms with Gasteiger partial charge in [0.25, 0.3) is 10.0 Å². The third-order valence-electron chi connectivity index (χ3n) is 4.36. The number of ether oxygens (including phenoxy) is 1. The molecular formula is C20H24N2O4S. The predicted molar refractivity (Wildman–Crippen MR) is 106 cm³/mol. The number of rotatable bonds is 7. The number of hydrogen-bond donors (Lipinski definition) is 1. The SMILES string of the molecule is CCCOc1ccc(S(=O)(=O)Nc2ccc(N3CCCCC3=O)cc2)cc1. The van der Waals surface area contributed by atoms with Crippen LogP contribution in [0.15, 0.2) is 53.4 Å². The molecule has 0 aromatic heterocycles. The zero-order chi connectivity index (χ0) is 19.3. The fraction of sp³-hybridized carbons (Fsp3) is 0.350. The molecule has 1 saturated heterocycles. The molecule has 0 atom stereocenters. The topological polar surface area (TPSA) is 75.7 Å². The Morgan fingerprint density at radius 1 is 1.04 bits per heavy atom. The van der Waals surface area contributed by atoms with Crippen molar-refractivity contribution in [3.05, 3.63) is 48.5 Å². The quantitative estimate of drug-likeness (QED) is 0.783. The lowest BCUT2D eigenvalue weighted by atomic mass is 10.1. The van der Waals surface area contributed by atoms with Gasteiger partial charge in [0.05, 0.1) is 11.5 Å². The van der Waals surface area contributed by atoms with E-state index in [1.807, 2.05) is 6.92 Å². The first-order valence-electron chi connectivity index (χ1n) is 9.16. The predicted octanol–water partition coefficient (Wildman–Crippen LogP) is 3.79. The van der Waals surface area contributed by atoms with E-state index in [0.29, 0.717) is 31.0 Å². The van der Waals surface area contributed by atoms with E-state index in [4.69, 9.17) is 4.74 Å². The summed E-state index contributed by atoms with van der Waals surface area (Å²) in [6.45, 7) is 3.31. The molecular weight excluding hydrogens is 364 g/mol. The highest BCUT2D eigenvalue weighted by molar-refractivity contribution is 7.92. The van der Waals surface area contributed by atoms with Gasteiger partial charge in [0.1, 0.15) is 5.75 Å². The van der Waals surface area contributed by atoms with Gasteiger partial charge in [0, 0.05) is 24.3 Å². The Bertz CT molecular complexity index is 877. The van der Waals surface area contributed by atoms with Crippen molar-refractivity contribution in [2.75, 3.05) is 22.8 Å². The second-order valence-electron chi connectivity index (χ2n) is 6.47. The number of carbonyl (C=O) groups excluding carboxylic acids is 1. The number of hydrogen-bond acceptors (Lipinski definition) is 4. The van der Waals surface area contributed by atoms with Crippen LogP contribution in [0.3, 0.4) is 0 Å². The van der Waals surface area contributed by atoms with Gasteiger partial charge in [-0.25, -0.2) is 8.42 Å². The molecule has 0 bridgehead atoms. The molecule has 0 radical (unpaired) electrons. The molecule has 1 aliphatic rings. The van der Waals surface area contributed by atoms with E-state index in [2.05, 4.69) is 4.72 Å². The van der Waals surface area contributed by atoms with E-state index in [1.165, 1.54) is 12.1 Å². The second kappa shape index (κ2) is 8.43. The number of nitrogens with zero attached hydrogens (tertiary/aromatic N) is 1. The lowest BCUT2D eigenvalue weighted by Gasteiger charge is -2.26. The minimum absolute atomic E-state index is 0.111. The normalized spacial score (nSPS) is 14.9. The molecule has 1 aliphatic heterocycles. The van der Waals surface area contributed by atoms with Crippen LogP contribution in [-0.4, -0.2) is 27.5 Å². The van der Waals surface area contributed by atoms with Crippen LogP contribution in [-0.2, 0) is 14.8 Å². The summed E-state index contributed by atoms with van der Waals surface area (Å²) in [7, 11) is -3.69. The molecule has 1 amide bonds. The molecule has 3 rings (SSSR count). The van der Waals surface area contributed by atoms with E-state index in [-0.39, 0.29) is 10.8 Å². The van der Waals surface area contributed by atoms with Gasteiger partial charge in [-0.2, -0.15) is 0 Å². The Morgan fingerprint density at radius 3 is 2.37 bits per heavy atom. The smallest absolute Gasteiger partial charge is 0.261 e. The number of sulfonamides is 1. The van der Waals surface area contributed by atoms with Gasteiger partial charge in [-0.15, -0.1) is 0 Å². The van der Waals surface area contributed by atoms with Crippen LogP contribution in [0.2, 0.25) is 0 Å². The maximum Gasteiger partial charge on any atom is 0.261 e. The molecule has 27 heavy (non-hydrogen) atoms. The van der Waals surface area contributed by atoms with Crippen molar-refractivity contribution in [2.24, 2.45) is 0 Å². The van der Waals surface area contributed by atoms with Gasteiger partial charge >= 0.3 is 0 Å². The summed E-state index contributed by atoms with van der Waals surface area (Å²) in [4.78, 5) is 13.9. The van der Waals surface area contributed by atoms with Crippen molar-refractivity contribution in [3.63, 3.8) is 0 Å². The Hall–Kier alpha value is -2.54. The van der Waals surface area contributed by atoms with E-state index >= 15 is 0 Å². The molecule has 2 aromatic rings. The molecule has 6 nitrogen and oxygen atoms in total. The van der Waals surface area contributed by atoms with Crippen molar-refractivity contribution in [2.45, 2.75) is 37.5 Å². The van der Waals surface area contributed by atoms with Crippen LogP contribution in [0.5, 0.6) is 5.75 Å². The molecule has 1 heterocycles. The lowest BCUT2D eigenvalue weighted by molar-refractivity contribution is -0.119. The van der Waals surface area contributed by atoms with Crippen molar-refractivity contribution < 1.29 is 17.9 Å². The number of nitrogens with one attached hydrogen (secondary N) is 1. The van der Waals surface area contributed by atoms with Gasteiger partial charge in [-0.05, 0) is 67.8 Å². The molecule has 0 unspecified atom stereocenters. The van der Waals surface area contributed by atoms with E-state index in [9.17, 15) is 13.2 Å². The first-order valence-corrected chi connectivity index (χ1v) is 10.6. The van der Waals surface area contributed by atoms with Crippen LogP contribution >= 0.6 is 0 Å². The standard InChI is InChI=1S/C20H24N2O4S/c1-2-15-26-18-10-12-19(13-11-18)27(24,25)21-16-6-8-17(9-7-16)22-14-4-3-5-20(22)23/h6-13,21H,2-5,14-15H2,1H3. The fourth-order valence-corrected chi connectivity index (χ4v) is 4.00. The Balaban J connectivity index is 1.69. The first-order chi connectivity index (χ1) is 13.0. The average Bonchev–Trinajstić information content (AvgIpc) is 2.67. The zero-order valence-electron chi connectivity index (χ0n) is 15.3. The number of carbonyl (C=O) groups is 1. The van der Waals surface area contributed by atoms with Crippen LogP contribution < -0.4 is 14.4 Å². The summed E-state index contributed by atoms with van der Waals surface area (Å²) in [5, 5.41) is 0. The third-order valence-corrected chi connectivity index (χ3v) is 5.76. The summed E-state index contributed by atoms with van der Waals surface area (Å²) in [5.41, 5.74) is 1.24. The molecule has 0 aliphatic carbocycles. The third kappa shape index (κ3) is 4.80. The average molecular weight is 388 g/mol. The monoisotopic (exact) mass is 388 g/mol. The number of benzene rings is 2. The Morgan fingerprint density at radius 2 is 1.74 bits per heavy atom. The first kappa shape index (κ1) is 19.2. The van der Waals surface area contributed by atoms with Crippen molar-refractivity contribution >= 4 is 27.3 Å². The minimum atomic E-state index is -3.69. The van der Waals surface area contributed by atoms with E-state index < -0.39 is 10.0 Å². The van der Waals surface area contributed by atoms with Gasteiger partial charge in [-0.3, -0.25) is 9.52 Å². The Labute approximate surface area is 160 Å². The zero-order valence-corrected chi connectivity index (χ0v) is 16.2. The van der Waals surface area contributed by atoms with Gasteiger partial charge in [0.15, 0.2) is 0 Å². The molecule has 144 valence electrons. The number of piperidine rings is 1. The summed E-state index contributed by atoms with van der Waals surface area (Å²) in [5.74, 6) is 0.756. The number of amides is 1. The second-order valence-corrected chi connectivity index (χ2v) is 8.16. The highest BCUT2D eigenvalue weighted by Crippen LogP contribution is 2.24. The molecule has 0 spiro atoms. The molecule has 1 fully saturated rings. The molecule has 0 saturated carbocycles. The van der Waals surface area contributed by atoms with Crippen LogP contribution in [0.25, 0.3) is 0 Å². The molecule has 1 N–H and O–H groups in total. The minimum Gasteiger partial charge on any atom is -0.494 e. The van der Waals surface area contributed by atoms with Crippen LogP contribution in [0.4, 0.5) is 11.4 Å². The van der Waals surface area contributed by atoms with Crippen LogP contribution in [0.1, 0.15) is 32.6 Å². The van der Waals surface area contributed by atoms with E-state index in [1.54, 1.807) is 41.3 Å². The highest BCUT2D eigenvalue weighted by Gasteiger charge is 2.20. The number of anilines is 2. The summed E-state index contributed by atoms with van der Waals surface area (Å²) in [6.07, 6.45) is 3.36. The maximum absolute atomic E-state index is 12.5. The fourth-order valence-electron chi connectivity index (χ4n) is 2.94. The van der Waals surface area contributed by atoms with E-state index in [0.717, 1.165) is 24.9 Å². The maximum atomic E-state index is 12.5. The summed E-state index contributed by atoms with van der Waals surface area (Å²) in [6, 6.07) is 13.2. The van der Waals surface area contributed by atoms with Crippen molar-refractivity contribution in [1.82, 2.24) is 0 Å². The molecule has 2 aromatic carbocycles. The van der Waals surface area contributed by atoms with Gasteiger partial charge < -0.3 is 9.64 Å². The summed E-state index contributed by atoms with van der Waals surface area (Å²) >= 11 is 0. The Kier molecular flexibility index (Phi) is 6.01. The van der Waals surface area contributed by atoms with Gasteiger partial charge in [-0.1, -0.05) is 6.92 Å². The highest BCUT2D eigenvalue weighted by atomic mass is 32.2. The summed E-state index contributed by atoms with van der Waals surface area (Å²) < 4.78 is 33.1. The van der Waals surface area contributed by atoms with Crippen LogP contribution in [0, 0.1) is 0 Å².